The summed E-state index contributed by atoms with van der Waals surface area (Å²) in [5.41, 5.74) is 0. The van der Waals surface area contributed by atoms with Crippen LogP contribution >= 0.6 is 7.82 Å². The molecule has 0 rings (SSSR count). The Morgan fingerprint density at radius 3 is 0.906 bits per heavy atom. The maximum atomic E-state index is 10.5. The molecule has 0 aliphatic heterocycles. The van der Waals surface area contributed by atoms with Gasteiger partial charge in [0.15, 0.2) is 0 Å². The molecule has 0 aromatic rings. The molecule has 0 radical (unpaired) electrons. The third-order valence-corrected chi connectivity index (χ3v) is 6.78. The van der Waals surface area contributed by atoms with Crippen molar-refractivity contribution in [3.63, 3.8) is 0 Å². The van der Waals surface area contributed by atoms with Gasteiger partial charge in [0.25, 0.3) is 0 Å². The van der Waals surface area contributed by atoms with Gasteiger partial charge in [-0.3, -0.25) is 4.52 Å². The monoisotopic (exact) mass is 502 g/mol. The van der Waals surface area contributed by atoms with Gasteiger partial charge in [0.2, 0.25) is 0 Å². The molecule has 6 heteroatoms. The number of phosphoric ester groups is 1. The van der Waals surface area contributed by atoms with Gasteiger partial charge in [0, 0.05) is 0 Å². The first-order valence-corrected chi connectivity index (χ1v) is 15.3. The van der Waals surface area contributed by atoms with Crippen LogP contribution in [0.1, 0.15) is 161 Å². The second kappa shape index (κ2) is 29.0. The van der Waals surface area contributed by atoms with Crippen LogP contribution in [0, 0.1) is 0 Å². The molecule has 0 heterocycles. The van der Waals surface area contributed by atoms with E-state index in [0.29, 0.717) is 0 Å². The van der Waals surface area contributed by atoms with Crippen molar-refractivity contribution in [1.29, 1.82) is 0 Å². The molecule has 0 bridgehead atoms. The van der Waals surface area contributed by atoms with Crippen LogP contribution in [0.15, 0.2) is 0 Å². The second-order valence-corrected chi connectivity index (χ2v) is 10.7. The van der Waals surface area contributed by atoms with E-state index in [1.807, 2.05) is 0 Å². The number of rotatable bonds is 26. The Kier molecular flexibility index (Phi) is 32.5. The molecule has 2 N–H and O–H groups in total. The van der Waals surface area contributed by atoms with Gasteiger partial charge in [0.05, 0.1) is 6.61 Å². The summed E-state index contributed by atoms with van der Waals surface area (Å²) in [5.74, 6) is 0. The van der Waals surface area contributed by atoms with Gasteiger partial charge in [-0.05, 0) is 6.42 Å². The van der Waals surface area contributed by atoms with Gasteiger partial charge in [-0.15, -0.1) is 0 Å². The molecule has 0 aromatic heterocycles. The van der Waals surface area contributed by atoms with E-state index in [2.05, 4.69) is 11.4 Å². The van der Waals surface area contributed by atoms with E-state index in [1.54, 1.807) is 0 Å². The molecule has 0 spiro atoms. The molecule has 0 fully saturated rings. The van der Waals surface area contributed by atoms with Crippen molar-refractivity contribution in [1.82, 2.24) is 0 Å². The van der Waals surface area contributed by atoms with Gasteiger partial charge < -0.3 is 9.79 Å². The summed E-state index contributed by atoms with van der Waals surface area (Å²) in [5, 5.41) is 0. The van der Waals surface area contributed by atoms with Crippen LogP contribution in [0.4, 0.5) is 0 Å². The van der Waals surface area contributed by atoms with E-state index in [4.69, 9.17) is 9.79 Å². The standard InChI is InChI=1S/C26H55O4P.K.H/c1-2-3-4-5-6-7-8-9-10-11-12-13-14-15-16-17-18-19-20-21-22-23-24-25-26-30-31(27,28)29;;/h2-26H2,1H3,(H2,27,28,29);;. The third-order valence-electron chi connectivity index (χ3n) is 6.26. The molecule has 0 atom stereocenters. The zero-order valence-electron chi connectivity index (χ0n) is 20.8. The number of phosphoric acid groups is 1. The van der Waals surface area contributed by atoms with Crippen LogP contribution in [-0.4, -0.2) is 67.8 Å². The van der Waals surface area contributed by atoms with E-state index in [9.17, 15) is 4.57 Å². The van der Waals surface area contributed by atoms with Crippen LogP contribution in [0.5, 0.6) is 0 Å². The normalized spacial score (nSPS) is 11.6. The van der Waals surface area contributed by atoms with Gasteiger partial charge in [-0.1, -0.05) is 155 Å². The van der Waals surface area contributed by atoms with Gasteiger partial charge >= 0.3 is 59.2 Å². The summed E-state index contributed by atoms with van der Waals surface area (Å²) in [4.78, 5) is 17.2. The second-order valence-electron chi connectivity index (χ2n) is 9.46. The fourth-order valence-electron chi connectivity index (χ4n) is 4.25. The molecule has 0 saturated carbocycles. The summed E-state index contributed by atoms with van der Waals surface area (Å²) in [6.07, 6.45) is 32.5. The molecule has 0 aliphatic carbocycles. The predicted octanol–water partition coefficient (Wildman–Crippen LogP) is 8.83. The van der Waals surface area contributed by atoms with E-state index >= 15 is 0 Å². The Morgan fingerprint density at radius 1 is 0.469 bits per heavy atom. The van der Waals surface area contributed by atoms with E-state index in [1.165, 1.54) is 135 Å². The first-order chi connectivity index (χ1) is 15.1. The molecular formula is C26H56KO4P. The summed E-state index contributed by atoms with van der Waals surface area (Å²) in [6.45, 7) is 2.46. The number of hydrogen-bond acceptors (Lipinski definition) is 2. The minimum atomic E-state index is -4.26. The molecule has 32 heavy (non-hydrogen) atoms. The van der Waals surface area contributed by atoms with Crippen LogP contribution in [0.3, 0.4) is 0 Å². The first-order valence-electron chi connectivity index (χ1n) is 13.8. The molecule has 4 nitrogen and oxygen atoms in total. The topological polar surface area (TPSA) is 66.8 Å². The van der Waals surface area contributed by atoms with Crippen molar-refractivity contribution in [3.8, 4) is 0 Å². The van der Waals surface area contributed by atoms with E-state index in [0.717, 1.165) is 19.3 Å². The summed E-state index contributed by atoms with van der Waals surface area (Å²) >= 11 is 0. The zero-order valence-corrected chi connectivity index (χ0v) is 21.7. The van der Waals surface area contributed by atoms with Crippen LogP contribution < -0.4 is 0 Å². The minimum absolute atomic E-state index is 0. The molecule has 0 aromatic carbocycles. The predicted molar refractivity (Wildman–Crippen MR) is 142 cm³/mol. The molecule has 190 valence electrons. The van der Waals surface area contributed by atoms with Gasteiger partial charge in [0.1, 0.15) is 0 Å². The van der Waals surface area contributed by atoms with Gasteiger partial charge in [-0.2, -0.15) is 0 Å². The average molecular weight is 503 g/mol. The summed E-state index contributed by atoms with van der Waals surface area (Å²) in [6, 6.07) is 0. The zero-order chi connectivity index (χ0) is 22.9. The molecular weight excluding hydrogens is 446 g/mol. The van der Waals surface area contributed by atoms with Crippen LogP contribution in [0.2, 0.25) is 0 Å². The van der Waals surface area contributed by atoms with Crippen molar-refractivity contribution in [2.75, 3.05) is 6.61 Å². The van der Waals surface area contributed by atoms with E-state index in [-0.39, 0.29) is 58.0 Å². The quantitative estimate of drug-likeness (QED) is 0.0704. The fraction of sp³-hybridized carbons (Fsp3) is 1.00. The van der Waals surface area contributed by atoms with Crippen molar-refractivity contribution >= 4 is 59.2 Å². The van der Waals surface area contributed by atoms with Crippen molar-refractivity contribution in [2.45, 2.75) is 161 Å². The Morgan fingerprint density at radius 2 is 0.688 bits per heavy atom. The molecule has 0 unspecified atom stereocenters. The first kappa shape index (κ1) is 35.9. The van der Waals surface area contributed by atoms with E-state index < -0.39 is 7.82 Å². The molecule has 0 amide bonds. The number of unbranched alkanes of at least 4 members (excludes halogenated alkanes) is 23. The Bertz CT molecular complexity index is 390. The van der Waals surface area contributed by atoms with Crippen molar-refractivity contribution in [2.24, 2.45) is 0 Å². The maximum absolute atomic E-state index is 10.5. The third kappa shape index (κ3) is 33.9. The Balaban J connectivity index is 0. The Labute approximate surface area is 243 Å². The van der Waals surface area contributed by atoms with Gasteiger partial charge in [-0.25, -0.2) is 4.57 Å². The summed E-state index contributed by atoms with van der Waals surface area (Å²) < 4.78 is 15.0. The van der Waals surface area contributed by atoms with Crippen LogP contribution in [-0.2, 0) is 9.09 Å². The average Bonchev–Trinajstić information content (AvgIpc) is 2.73. The van der Waals surface area contributed by atoms with Crippen molar-refractivity contribution in [3.05, 3.63) is 0 Å². The fourth-order valence-corrected chi connectivity index (χ4v) is 4.61. The SMILES string of the molecule is CCCCCCCCCCCCCCCCCCCCCCCCCCOP(=O)(O)O.[KH]. The number of hydrogen-bond donors (Lipinski definition) is 2. The summed E-state index contributed by atoms with van der Waals surface area (Å²) in [7, 11) is -4.26. The van der Waals surface area contributed by atoms with Crippen molar-refractivity contribution < 1.29 is 18.9 Å². The molecule has 0 aliphatic rings. The molecule has 0 saturated heterocycles. The van der Waals surface area contributed by atoms with Crippen LogP contribution in [0.25, 0.3) is 0 Å². The Hall–Kier alpha value is 1.75.